The zero-order valence-corrected chi connectivity index (χ0v) is 10.8. The molecule has 0 heterocycles. The third-order valence-electron chi connectivity index (χ3n) is 3.76. The molecular formula is C16H15ClO. The largest absolute Gasteiger partial charge is 0.388 e. The summed E-state index contributed by atoms with van der Waals surface area (Å²) >= 11 is 6.02. The van der Waals surface area contributed by atoms with Crippen LogP contribution >= 0.6 is 11.6 Å². The molecule has 0 fully saturated rings. The predicted molar refractivity (Wildman–Crippen MR) is 73.9 cm³/mol. The fraction of sp³-hybridized carbons (Fsp3) is 0.250. The highest BCUT2D eigenvalue weighted by Crippen LogP contribution is 2.41. The molecule has 0 radical (unpaired) electrons. The Labute approximate surface area is 112 Å². The summed E-state index contributed by atoms with van der Waals surface area (Å²) in [4.78, 5) is 0. The summed E-state index contributed by atoms with van der Waals surface area (Å²) in [5, 5.41) is 11.2. The summed E-state index contributed by atoms with van der Waals surface area (Å²) in [7, 11) is 0. The Morgan fingerprint density at radius 3 is 2.61 bits per heavy atom. The molecule has 0 unspecified atom stereocenters. The Bertz CT molecular complexity index is 550. The third-order valence-corrected chi connectivity index (χ3v) is 4.00. The van der Waals surface area contributed by atoms with Gasteiger partial charge in [0.25, 0.3) is 0 Å². The first-order valence-corrected chi connectivity index (χ1v) is 6.65. The van der Waals surface area contributed by atoms with Crippen molar-refractivity contribution < 1.29 is 5.11 Å². The van der Waals surface area contributed by atoms with Crippen LogP contribution in [0.2, 0.25) is 5.02 Å². The van der Waals surface area contributed by atoms with Gasteiger partial charge in [0.05, 0.1) is 6.10 Å². The Hall–Kier alpha value is -1.31. The Kier molecular flexibility index (Phi) is 3.11. The summed E-state index contributed by atoms with van der Waals surface area (Å²) in [5.74, 6) is 0.178. The lowest BCUT2D eigenvalue weighted by molar-refractivity contribution is 0.131. The predicted octanol–water partition coefficient (Wildman–Crippen LogP) is 4.10. The first-order valence-electron chi connectivity index (χ1n) is 6.27. The van der Waals surface area contributed by atoms with Crippen molar-refractivity contribution in [2.45, 2.75) is 24.9 Å². The van der Waals surface area contributed by atoms with Crippen LogP contribution in [0.3, 0.4) is 0 Å². The van der Waals surface area contributed by atoms with Crippen molar-refractivity contribution in [3.63, 3.8) is 0 Å². The molecule has 2 aromatic carbocycles. The molecule has 0 aromatic heterocycles. The minimum atomic E-state index is -0.449. The van der Waals surface area contributed by atoms with E-state index in [2.05, 4.69) is 12.1 Å². The minimum absolute atomic E-state index is 0.178. The maximum atomic E-state index is 10.5. The standard InChI is InChI=1S/C16H15ClO/c17-13-8-6-12-7-9-14(16(18)15(12)10-13)11-4-2-1-3-5-11/h1-6,8,10,14,16,18H,7,9H2/t14-,16+/m1/s1. The van der Waals surface area contributed by atoms with Crippen LogP contribution < -0.4 is 0 Å². The summed E-state index contributed by atoms with van der Waals surface area (Å²) in [6.07, 6.45) is 1.54. The number of aliphatic hydroxyl groups is 1. The maximum Gasteiger partial charge on any atom is 0.0861 e. The minimum Gasteiger partial charge on any atom is -0.388 e. The highest BCUT2D eigenvalue weighted by molar-refractivity contribution is 6.30. The second-order valence-corrected chi connectivity index (χ2v) is 5.28. The van der Waals surface area contributed by atoms with E-state index in [1.807, 2.05) is 36.4 Å². The summed E-state index contributed by atoms with van der Waals surface area (Å²) in [6.45, 7) is 0. The van der Waals surface area contributed by atoms with E-state index in [0.717, 1.165) is 18.4 Å². The van der Waals surface area contributed by atoms with Crippen LogP contribution in [0.4, 0.5) is 0 Å². The van der Waals surface area contributed by atoms with Crippen molar-refractivity contribution >= 4 is 11.6 Å². The van der Waals surface area contributed by atoms with E-state index in [9.17, 15) is 5.11 Å². The second kappa shape index (κ2) is 4.75. The number of aryl methyl sites for hydroxylation is 1. The van der Waals surface area contributed by atoms with Crippen molar-refractivity contribution in [1.82, 2.24) is 0 Å². The Morgan fingerprint density at radius 1 is 1.06 bits per heavy atom. The van der Waals surface area contributed by atoms with E-state index in [-0.39, 0.29) is 5.92 Å². The number of hydrogen-bond acceptors (Lipinski definition) is 1. The van der Waals surface area contributed by atoms with E-state index in [1.54, 1.807) is 0 Å². The van der Waals surface area contributed by atoms with Gasteiger partial charge >= 0.3 is 0 Å². The maximum absolute atomic E-state index is 10.5. The van der Waals surface area contributed by atoms with E-state index < -0.39 is 6.10 Å². The van der Waals surface area contributed by atoms with Crippen molar-refractivity contribution in [1.29, 1.82) is 0 Å². The molecule has 0 aliphatic heterocycles. The van der Waals surface area contributed by atoms with Gasteiger partial charge in [-0.25, -0.2) is 0 Å². The van der Waals surface area contributed by atoms with Crippen molar-refractivity contribution in [2.24, 2.45) is 0 Å². The van der Waals surface area contributed by atoms with Crippen molar-refractivity contribution in [3.8, 4) is 0 Å². The number of fused-ring (bicyclic) bond motifs is 1. The number of aliphatic hydroxyl groups excluding tert-OH is 1. The van der Waals surface area contributed by atoms with Crippen LogP contribution in [0.1, 0.15) is 35.1 Å². The van der Waals surface area contributed by atoms with Crippen LogP contribution in [0.5, 0.6) is 0 Å². The van der Waals surface area contributed by atoms with Gasteiger partial charge in [-0.05, 0) is 41.7 Å². The van der Waals surface area contributed by atoms with Crippen molar-refractivity contribution in [2.75, 3.05) is 0 Å². The molecule has 1 aliphatic rings. The molecule has 3 rings (SSSR count). The number of halogens is 1. The second-order valence-electron chi connectivity index (χ2n) is 4.84. The molecular weight excluding hydrogens is 244 g/mol. The average molecular weight is 259 g/mol. The van der Waals surface area contributed by atoms with Gasteiger partial charge in [0.15, 0.2) is 0 Å². The molecule has 0 spiro atoms. The third kappa shape index (κ3) is 2.05. The zero-order valence-electron chi connectivity index (χ0n) is 10.0. The topological polar surface area (TPSA) is 20.2 Å². The number of benzene rings is 2. The monoisotopic (exact) mass is 258 g/mol. The Morgan fingerprint density at radius 2 is 1.83 bits per heavy atom. The van der Waals surface area contributed by atoms with Gasteiger partial charge in [-0.3, -0.25) is 0 Å². The van der Waals surface area contributed by atoms with Gasteiger partial charge in [-0.2, -0.15) is 0 Å². The fourth-order valence-corrected chi connectivity index (χ4v) is 2.98. The molecule has 2 aromatic rings. The molecule has 0 bridgehead atoms. The summed E-state index contributed by atoms with van der Waals surface area (Å²) in [6, 6.07) is 16.1. The Balaban J connectivity index is 1.99. The molecule has 18 heavy (non-hydrogen) atoms. The van der Waals surface area contributed by atoms with Gasteiger partial charge in [-0.15, -0.1) is 0 Å². The van der Waals surface area contributed by atoms with Gasteiger partial charge in [0, 0.05) is 10.9 Å². The summed E-state index contributed by atoms with van der Waals surface area (Å²) in [5.41, 5.74) is 3.41. The van der Waals surface area contributed by atoms with Crippen LogP contribution in [0.25, 0.3) is 0 Å². The first kappa shape index (κ1) is 11.8. The van der Waals surface area contributed by atoms with Gasteiger partial charge in [0.2, 0.25) is 0 Å². The lowest BCUT2D eigenvalue weighted by Gasteiger charge is -2.30. The quantitative estimate of drug-likeness (QED) is 0.816. The lowest BCUT2D eigenvalue weighted by atomic mass is 9.78. The molecule has 1 N–H and O–H groups in total. The van der Waals surface area contributed by atoms with E-state index in [4.69, 9.17) is 11.6 Å². The molecule has 2 atom stereocenters. The molecule has 92 valence electrons. The molecule has 0 amide bonds. The smallest absolute Gasteiger partial charge is 0.0861 e. The van der Waals surface area contributed by atoms with Gasteiger partial charge in [0.1, 0.15) is 0 Å². The normalized spacial score (nSPS) is 22.6. The number of hydrogen-bond donors (Lipinski definition) is 1. The van der Waals surface area contributed by atoms with Crippen LogP contribution in [-0.2, 0) is 6.42 Å². The highest BCUT2D eigenvalue weighted by atomic mass is 35.5. The average Bonchev–Trinajstić information content (AvgIpc) is 2.41. The molecule has 1 aliphatic carbocycles. The van der Waals surface area contributed by atoms with Crippen LogP contribution in [0.15, 0.2) is 48.5 Å². The van der Waals surface area contributed by atoms with E-state index in [0.29, 0.717) is 5.02 Å². The zero-order chi connectivity index (χ0) is 12.5. The van der Waals surface area contributed by atoms with Crippen LogP contribution in [-0.4, -0.2) is 5.11 Å². The fourth-order valence-electron chi connectivity index (χ4n) is 2.80. The van der Waals surface area contributed by atoms with Crippen molar-refractivity contribution in [3.05, 3.63) is 70.2 Å². The molecule has 2 heteroatoms. The first-order chi connectivity index (χ1) is 8.75. The SMILES string of the molecule is O[C@@H]1c2cc(Cl)ccc2CC[C@@H]1c1ccccc1. The van der Waals surface area contributed by atoms with Gasteiger partial charge in [-0.1, -0.05) is 48.0 Å². The summed E-state index contributed by atoms with van der Waals surface area (Å²) < 4.78 is 0. The molecule has 0 saturated heterocycles. The number of rotatable bonds is 1. The van der Waals surface area contributed by atoms with Crippen LogP contribution in [0, 0.1) is 0 Å². The van der Waals surface area contributed by atoms with E-state index in [1.165, 1.54) is 11.1 Å². The highest BCUT2D eigenvalue weighted by Gasteiger charge is 2.28. The van der Waals surface area contributed by atoms with Gasteiger partial charge < -0.3 is 5.11 Å². The van der Waals surface area contributed by atoms with E-state index >= 15 is 0 Å². The lowest BCUT2D eigenvalue weighted by Crippen LogP contribution is -2.18. The molecule has 1 nitrogen and oxygen atoms in total. The molecule has 0 saturated carbocycles.